The summed E-state index contributed by atoms with van der Waals surface area (Å²) in [5.41, 5.74) is 2.77. The Kier molecular flexibility index (Phi) is 6.59. The van der Waals surface area contributed by atoms with Crippen LogP contribution in [0.25, 0.3) is 0 Å². The summed E-state index contributed by atoms with van der Waals surface area (Å²) in [4.78, 5) is 14.5. The van der Waals surface area contributed by atoms with E-state index in [9.17, 15) is 13.2 Å². The predicted molar refractivity (Wildman–Crippen MR) is 113 cm³/mol. The van der Waals surface area contributed by atoms with Gasteiger partial charge in [0.1, 0.15) is 5.75 Å². The summed E-state index contributed by atoms with van der Waals surface area (Å²) in [6.45, 7) is 6.67. The van der Waals surface area contributed by atoms with Gasteiger partial charge in [-0.05, 0) is 62.9 Å². The van der Waals surface area contributed by atoms with E-state index in [4.69, 9.17) is 4.74 Å². The highest BCUT2D eigenvalue weighted by Gasteiger charge is 2.27. The average molecular weight is 417 g/mol. The third kappa shape index (κ3) is 5.58. The molecule has 0 spiro atoms. The van der Waals surface area contributed by atoms with Crippen LogP contribution in [0.4, 0.5) is 0 Å². The average Bonchev–Trinajstić information content (AvgIpc) is 2.69. The summed E-state index contributed by atoms with van der Waals surface area (Å²) in [5.74, 6) is 0.585. The molecule has 1 fully saturated rings. The van der Waals surface area contributed by atoms with Crippen molar-refractivity contribution < 1.29 is 17.9 Å². The van der Waals surface area contributed by atoms with Gasteiger partial charge in [-0.15, -0.1) is 0 Å². The lowest BCUT2D eigenvalue weighted by Gasteiger charge is -2.32. The van der Waals surface area contributed by atoms with E-state index in [2.05, 4.69) is 4.72 Å². The van der Waals surface area contributed by atoms with E-state index in [1.807, 2.05) is 50.2 Å². The molecule has 0 saturated carbocycles. The fourth-order valence-corrected chi connectivity index (χ4v) is 5.03. The number of hydrogen-bond acceptors (Lipinski definition) is 4. The second kappa shape index (κ2) is 8.97. The number of nitrogens with one attached hydrogen (secondary N) is 1. The minimum Gasteiger partial charge on any atom is -0.484 e. The van der Waals surface area contributed by atoms with E-state index in [1.54, 1.807) is 17.9 Å². The van der Waals surface area contributed by atoms with Gasteiger partial charge in [-0.3, -0.25) is 4.79 Å². The van der Waals surface area contributed by atoms with Crippen LogP contribution in [0.1, 0.15) is 29.5 Å². The maximum atomic E-state index is 12.8. The molecule has 0 aliphatic carbocycles. The molecule has 3 rings (SSSR count). The van der Waals surface area contributed by atoms with Crippen molar-refractivity contribution in [3.05, 3.63) is 59.2 Å². The van der Waals surface area contributed by atoms with Crippen molar-refractivity contribution >= 4 is 15.9 Å². The van der Waals surface area contributed by atoms with E-state index in [1.165, 1.54) is 0 Å². The number of aryl methyl sites for hydroxylation is 3. The molecule has 0 unspecified atom stereocenters. The highest BCUT2D eigenvalue weighted by molar-refractivity contribution is 7.89. The number of hydrogen-bond donors (Lipinski definition) is 1. The number of likely N-dealkylation sites (tertiary alicyclic amines) is 1. The third-order valence-electron chi connectivity index (χ3n) is 5.19. The molecule has 1 aliphatic rings. The lowest BCUT2D eigenvalue weighted by atomic mass is 10.1. The van der Waals surface area contributed by atoms with Crippen molar-refractivity contribution in [3.8, 4) is 5.75 Å². The van der Waals surface area contributed by atoms with Crippen LogP contribution in [0.2, 0.25) is 0 Å². The molecule has 0 bridgehead atoms. The van der Waals surface area contributed by atoms with Crippen molar-refractivity contribution in [1.82, 2.24) is 9.62 Å². The Morgan fingerprint density at radius 2 is 1.66 bits per heavy atom. The number of carbonyl (C=O) groups is 1. The van der Waals surface area contributed by atoms with Crippen LogP contribution in [0.3, 0.4) is 0 Å². The van der Waals surface area contributed by atoms with Gasteiger partial charge < -0.3 is 9.64 Å². The standard InChI is InChI=1S/C22H28N2O4S/c1-16-5-8-20(9-6-16)28-15-22(25)24-12-10-19(11-13-24)23-29(26,27)21-14-17(2)4-7-18(21)3/h4-9,14,19,23H,10-13,15H2,1-3H3. The topological polar surface area (TPSA) is 75.7 Å². The first-order valence-corrected chi connectivity index (χ1v) is 11.3. The largest absolute Gasteiger partial charge is 0.484 e. The predicted octanol–water partition coefficient (Wildman–Crippen LogP) is 2.96. The summed E-state index contributed by atoms with van der Waals surface area (Å²) in [6.07, 6.45) is 1.17. The van der Waals surface area contributed by atoms with Crippen LogP contribution < -0.4 is 9.46 Å². The summed E-state index contributed by atoms with van der Waals surface area (Å²) in [7, 11) is -3.58. The Bertz CT molecular complexity index is 963. The monoisotopic (exact) mass is 416 g/mol. The Labute approximate surface area is 172 Å². The van der Waals surface area contributed by atoms with Crippen molar-refractivity contribution in [1.29, 1.82) is 0 Å². The number of rotatable bonds is 6. The smallest absolute Gasteiger partial charge is 0.260 e. The zero-order valence-corrected chi connectivity index (χ0v) is 18.0. The molecule has 156 valence electrons. The SMILES string of the molecule is Cc1ccc(OCC(=O)N2CCC(NS(=O)(=O)c3cc(C)ccc3C)CC2)cc1. The van der Waals surface area contributed by atoms with Crippen LogP contribution in [0, 0.1) is 20.8 Å². The van der Waals surface area contributed by atoms with E-state index in [0.29, 0.717) is 36.6 Å². The fourth-order valence-electron chi connectivity index (χ4n) is 3.40. The molecule has 0 radical (unpaired) electrons. The molecule has 6 nitrogen and oxygen atoms in total. The lowest BCUT2D eigenvalue weighted by molar-refractivity contribution is -0.134. The van der Waals surface area contributed by atoms with E-state index < -0.39 is 10.0 Å². The van der Waals surface area contributed by atoms with Crippen LogP contribution in [0.15, 0.2) is 47.4 Å². The molecule has 7 heteroatoms. The van der Waals surface area contributed by atoms with Gasteiger partial charge in [0.25, 0.3) is 5.91 Å². The number of piperidine rings is 1. The summed E-state index contributed by atoms with van der Waals surface area (Å²) in [6, 6.07) is 12.8. The highest BCUT2D eigenvalue weighted by atomic mass is 32.2. The minimum absolute atomic E-state index is 0.0120. The molecule has 2 aromatic carbocycles. The molecule has 1 saturated heterocycles. The van der Waals surface area contributed by atoms with Gasteiger partial charge in [-0.2, -0.15) is 0 Å². The maximum Gasteiger partial charge on any atom is 0.260 e. The molecule has 0 aromatic heterocycles. The number of amides is 1. The number of ether oxygens (including phenoxy) is 1. The summed E-state index contributed by atoms with van der Waals surface area (Å²) in [5, 5.41) is 0. The van der Waals surface area contributed by atoms with Gasteiger partial charge >= 0.3 is 0 Å². The van der Waals surface area contributed by atoms with E-state index >= 15 is 0 Å². The normalized spacial score (nSPS) is 15.3. The minimum atomic E-state index is -3.58. The number of sulfonamides is 1. The van der Waals surface area contributed by atoms with Gasteiger partial charge in [-0.25, -0.2) is 13.1 Å². The van der Waals surface area contributed by atoms with Gasteiger partial charge in [-0.1, -0.05) is 29.8 Å². The van der Waals surface area contributed by atoms with Crippen molar-refractivity contribution in [3.63, 3.8) is 0 Å². The lowest BCUT2D eigenvalue weighted by Crippen LogP contribution is -2.47. The van der Waals surface area contributed by atoms with Crippen LogP contribution in [0.5, 0.6) is 5.75 Å². The van der Waals surface area contributed by atoms with Gasteiger partial charge in [0, 0.05) is 19.1 Å². The molecule has 1 amide bonds. The summed E-state index contributed by atoms with van der Waals surface area (Å²) >= 11 is 0. The zero-order chi connectivity index (χ0) is 21.0. The van der Waals surface area contributed by atoms with Crippen LogP contribution in [-0.2, 0) is 14.8 Å². The highest BCUT2D eigenvalue weighted by Crippen LogP contribution is 2.20. The molecule has 2 aromatic rings. The van der Waals surface area contributed by atoms with Gasteiger partial charge in [0.05, 0.1) is 4.90 Å². The van der Waals surface area contributed by atoms with E-state index in [-0.39, 0.29) is 18.6 Å². The van der Waals surface area contributed by atoms with E-state index in [0.717, 1.165) is 16.7 Å². The molecular weight excluding hydrogens is 388 g/mol. The maximum absolute atomic E-state index is 12.8. The van der Waals surface area contributed by atoms with Crippen molar-refractivity contribution in [2.24, 2.45) is 0 Å². The Morgan fingerprint density at radius 1 is 1.03 bits per heavy atom. The van der Waals surface area contributed by atoms with Crippen molar-refractivity contribution in [2.75, 3.05) is 19.7 Å². The van der Waals surface area contributed by atoms with Crippen LogP contribution in [-0.4, -0.2) is 45.0 Å². The molecular formula is C22H28N2O4S. The molecule has 29 heavy (non-hydrogen) atoms. The number of carbonyl (C=O) groups excluding carboxylic acids is 1. The number of benzene rings is 2. The quantitative estimate of drug-likeness (QED) is 0.786. The first kappa shape index (κ1) is 21.3. The Balaban J connectivity index is 1.51. The molecule has 1 aliphatic heterocycles. The van der Waals surface area contributed by atoms with Crippen molar-refractivity contribution in [2.45, 2.75) is 44.6 Å². The molecule has 0 atom stereocenters. The second-order valence-electron chi connectivity index (χ2n) is 7.65. The van der Waals surface area contributed by atoms with Gasteiger partial charge in [0.2, 0.25) is 10.0 Å². The Hall–Kier alpha value is -2.38. The molecule has 1 heterocycles. The number of nitrogens with zero attached hydrogens (tertiary/aromatic N) is 1. The summed E-state index contributed by atoms with van der Waals surface area (Å²) < 4.78 is 33.9. The first-order valence-electron chi connectivity index (χ1n) is 9.81. The van der Waals surface area contributed by atoms with Gasteiger partial charge in [0.15, 0.2) is 6.61 Å². The third-order valence-corrected chi connectivity index (χ3v) is 6.85. The van der Waals surface area contributed by atoms with Crippen LogP contribution >= 0.6 is 0 Å². The zero-order valence-electron chi connectivity index (χ0n) is 17.1. The fraction of sp³-hybridized carbons (Fsp3) is 0.409. The Morgan fingerprint density at radius 3 is 2.31 bits per heavy atom. The second-order valence-corrected chi connectivity index (χ2v) is 9.33. The first-order chi connectivity index (χ1) is 13.7. The molecule has 1 N–H and O–H groups in total.